The van der Waals surface area contributed by atoms with Crippen molar-refractivity contribution in [1.29, 1.82) is 0 Å². The molecule has 0 unspecified atom stereocenters. The number of aromatic nitrogens is 4. The topological polar surface area (TPSA) is 68.0 Å². The van der Waals surface area contributed by atoms with Gasteiger partial charge in [0.1, 0.15) is 6.33 Å². The second-order valence-corrected chi connectivity index (χ2v) is 5.58. The van der Waals surface area contributed by atoms with Crippen LogP contribution in [0.2, 0.25) is 0 Å². The highest BCUT2D eigenvalue weighted by Crippen LogP contribution is 2.10. The lowest BCUT2D eigenvalue weighted by molar-refractivity contribution is 0.839. The molecule has 0 atom stereocenters. The summed E-state index contributed by atoms with van der Waals surface area (Å²) in [7, 11) is 0. The quantitative estimate of drug-likeness (QED) is 0.578. The summed E-state index contributed by atoms with van der Waals surface area (Å²) in [5, 5.41) is 8.66. The Morgan fingerprint density at radius 3 is 2.67 bits per heavy atom. The highest BCUT2D eigenvalue weighted by Gasteiger charge is 2.03. The Morgan fingerprint density at radius 2 is 2.00 bits per heavy atom. The molecule has 3 aromatic rings. The fourth-order valence-corrected chi connectivity index (χ4v) is 2.26. The van der Waals surface area contributed by atoms with Crippen LogP contribution in [0.1, 0.15) is 30.5 Å². The van der Waals surface area contributed by atoms with Crippen molar-refractivity contribution in [2.75, 3.05) is 5.43 Å². The van der Waals surface area contributed by atoms with Crippen LogP contribution in [0.25, 0.3) is 5.82 Å². The summed E-state index contributed by atoms with van der Waals surface area (Å²) >= 11 is 0. The molecule has 0 aliphatic rings. The molecular formula is C18H20N6. The molecule has 0 aliphatic carbocycles. The van der Waals surface area contributed by atoms with Crippen molar-refractivity contribution in [3.8, 4) is 5.82 Å². The first-order valence-corrected chi connectivity index (χ1v) is 7.89. The summed E-state index contributed by atoms with van der Waals surface area (Å²) < 4.78 is 1.71. The molecular weight excluding hydrogens is 300 g/mol. The minimum absolute atomic E-state index is 0.623. The van der Waals surface area contributed by atoms with Crippen LogP contribution in [0.3, 0.4) is 0 Å². The molecule has 1 N–H and O–H groups in total. The van der Waals surface area contributed by atoms with E-state index in [9.17, 15) is 0 Å². The first-order valence-electron chi connectivity index (χ1n) is 7.89. The number of aryl methyl sites for hydroxylation is 2. The van der Waals surface area contributed by atoms with Crippen LogP contribution in [0, 0.1) is 6.92 Å². The van der Waals surface area contributed by atoms with Crippen LogP contribution in [-0.2, 0) is 6.42 Å². The van der Waals surface area contributed by atoms with E-state index >= 15 is 0 Å². The lowest BCUT2D eigenvalue weighted by Crippen LogP contribution is -2.03. The van der Waals surface area contributed by atoms with E-state index in [1.54, 1.807) is 10.9 Å². The van der Waals surface area contributed by atoms with E-state index in [1.807, 2.05) is 26.1 Å². The molecule has 0 saturated heterocycles. The van der Waals surface area contributed by atoms with Crippen LogP contribution in [-0.4, -0.2) is 25.5 Å². The van der Waals surface area contributed by atoms with Gasteiger partial charge in [-0.1, -0.05) is 31.2 Å². The van der Waals surface area contributed by atoms with E-state index in [-0.39, 0.29) is 0 Å². The summed E-state index contributed by atoms with van der Waals surface area (Å²) in [6, 6.07) is 10.2. The fraction of sp³-hybridized carbons (Fsp3) is 0.222. The maximum atomic E-state index is 4.41. The molecule has 0 aliphatic heterocycles. The van der Waals surface area contributed by atoms with E-state index in [1.165, 1.54) is 11.9 Å². The third-order valence-corrected chi connectivity index (χ3v) is 3.72. The van der Waals surface area contributed by atoms with Crippen LogP contribution in [0.4, 0.5) is 5.82 Å². The van der Waals surface area contributed by atoms with Gasteiger partial charge in [-0.3, -0.25) is 5.43 Å². The predicted molar refractivity (Wildman–Crippen MR) is 95.5 cm³/mol. The molecule has 6 nitrogen and oxygen atoms in total. The number of rotatable bonds is 5. The molecule has 1 aromatic carbocycles. The van der Waals surface area contributed by atoms with Crippen molar-refractivity contribution in [3.63, 3.8) is 0 Å². The highest BCUT2D eigenvalue weighted by molar-refractivity contribution is 5.99. The van der Waals surface area contributed by atoms with Crippen molar-refractivity contribution in [1.82, 2.24) is 19.7 Å². The molecule has 6 heteroatoms. The maximum absolute atomic E-state index is 4.41. The Morgan fingerprint density at radius 1 is 1.21 bits per heavy atom. The van der Waals surface area contributed by atoms with E-state index in [0.29, 0.717) is 11.6 Å². The largest absolute Gasteiger partial charge is 0.261 e. The van der Waals surface area contributed by atoms with E-state index < -0.39 is 0 Å². The third-order valence-electron chi connectivity index (χ3n) is 3.72. The van der Waals surface area contributed by atoms with E-state index in [0.717, 1.165) is 23.3 Å². The van der Waals surface area contributed by atoms with Gasteiger partial charge in [-0.25, -0.2) is 14.6 Å². The summed E-state index contributed by atoms with van der Waals surface area (Å²) in [5.41, 5.74) is 7.35. The molecule has 0 saturated carbocycles. The summed E-state index contributed by atoms with van der Waals surface area (Å²) in [6.45, 7) is 6.10. The van der Waals surface area contributed by atoms with Gasteiger partial charge < -0.3 is 0 Å². The minimum Gasteiger partial charge on any atom is -0.261 e. The van der Waals surface area contributed by atoms with Crippen molar-refractivity contribution in [2.24, 2.45) is 5.10 Å². The van der Waals surface area contributed by atoms with Gasteiger partial charge in [0.05, 0.1) is 11.9 Å². The van der Waals surface area contributed by atoms with Gasteiger partial charge in [0.15, 0.2) is 11.6 Å². The second-order valence-electron chi connectivity index (χ2n) is 5.58. The molecule has 0 amide bonds. The standard InChI is InChI=1S/C18H20N6/c1-4-15-5-7-16(8-6-15)14(3)22-23-17-9-18(20-12-19-17)24-11-13(2)10-21-24/h5-12H,4H2,1-3H3,(H,19,20,23)/b22-14+. The van der Waals surface area contributed by atoms with Gasteiger partial charge in [-0.15, -0.1) is 0 Å². The van der Waals surface area contributed by atoms with E-state index in [2.05, 4.69) is 56.8 Å². The monoisotopic (exact) mass is 320 g/mol. The van der Waals surface area contributed by atoms with Crippen molar-refractivity contribution in [2.45, 2.75) is 27.2 Å². The maximum Gasteiger partial charge on any atom is 0.158 e. The van der Waals surface area contributed by atoms with Crippen LogP contribution in [0.15, 0.2) is 54.2 Å². The van der Waals surface area contributed by atoms with Crippen molar-refractivity contribution in [3.05, 3.63) is 65.7 Å². The molecule has 0 radical (unpaired) electrons. The zero-order valence-electron chi connectivity index (χ0n) is 14.1. The van der Waals surface area contributed by atoms with Crippen molar-refractivity contribution >= 4 is 11.5 Å². The first kappa shape index (κ1) is 15.9. The summed E-state index contributed by atoms with van der Waals surface area (Å²) in [4.78, 5) is 8.42. The Kier molecular flexibility index (Phi) is 4.65. The van der Waals surface area contributed by atoms with Gasteiger partial charge in [-0.05, 0) is 37.0 Å². The van der Waals surface area contributed by atoms with Crippen molar-refractivity contribution < 1.29 is 0 Å². The molecule has 3 rings (SSSR count). The number of hydrogen-bond donors (Lipinski definition) is 1. The number of hydrazone groups is 1. The highest BCUT2D eigenvalue weighted by atomic mass is 15.3. The molecule has 0 spiro atoms. The molecule has 122 valence electrons. The van der Waals surface area contributed by atoms with Crippen LogP contribution in [0.5, 0.6) is 0 Å². The Hall–Kier alpha value is -3.02. The van der Waals surface area contributed by atoms with Gasteiger partial charge in [-0.2, -0.15) is 10.2 Å². The van der Waals surface area contributed by atoms with Gasteiger partial charge in [0.25, 0.3) is 0 Å². The Balaban J connectivity index is 1.75. The zero-order chi connectivity index (χ0) is 16.9. The van der Waals surface area contributed by atoms with E-state index in [4.69, 9.17) is 0 Å². The first-order chi connectivity index (χ1) is 11.7. The Bertz CT molecular complexity index is 848. The number of anilines is 1. The average molecular weight is 320 g/mol. The lowest BCUT2D eigenvalue weighted by atomic mass is 10.1. The Labute approximate surface area is 141 Å². The molecule has 2 heterocycles. The third kappa shape index (κ3) is 3.65. The SMILES string of the molecule is CCc1ccc(/C(C)=N/Nc2cc(-n3cc(C)cn3)ncn2)cc1. The minimum atomic E-state index is 0.623. The lowest BCUT2D eigenvalue weighted by Gasteiger charge is -2.05. The molecule has 24 heavy (non-hydrogen) atoms. The van der Waals surface area contributed by atoms with Gasteiger partial charge >= 0.3 is 0 Å². The van der Waals surface area contributed by atoms with Crippen LogP contribution >= 0.6 is 0 Å². The molecule has 0 fully saturated rings. The number of benzene rings is 1. The normalized spacial score (nSPS) is 11.5. The van der Waals surface area contributed by atoms with Gasteiger partial charge in [0.2, 0.25) is 0 Å². The molecule has 0 bridgehead atoms. The molecule has 2 aromatic heterocycles. The fourth-order valence-electron chi connectivity index (χ4n) is 2.26. The predicted octanol–water partition coefficient (Wildman–Crippen LogP) is 3.37. The summed E-state index contributed by atoms with van der Waals surface area (Å²) in [6.07, 6.45) is 6.23. The second kappa shape index (κ2) is 7.04. The number of hydrogen-bond acceptors (Lipinski definition) is 5. The summed E-state index contributed by atoms with van der Waals surface area (Å²) in [5.74, 6) is 1.32. The van der Waals surface area contributed by atoms with Crippen LogP contribution < -0.4 is 5.43 Å². The van der Waals surface area contributed by atoms with Gasteiger partial charge in [0, 0.05) is 12.3 Å². The zero-order valence-corrected chi connectivity index (χ0v) is 14.1. The average Bonchev–Trinajstić information content (AvgIpc) is 3.06. The number of nitrogens with one attached hydrogen (secondary N) is 1. The smallest absolute Gasteiger partial charge is 0.158 e. The number of nitrogens with zero attached hydrogens (tertiary/aromatic N) is 5.